The number of nitrogens with one attached hydrogen (secondary N) is 2. The Hall–Kier alpha value is -3.71. The van der Waals surface area contributed by atoms with Crippen molar-refractivity contribution >= 4 is 11.8 Å². The number of hydrogen-bond donors (Lipinski definition) is 3. The maximum absolute atomic E-state index is 13.0. The van der Waals surface area contributed by atoms with Crippen LogP contribution in [-0.2, 0) is 24.2 Å². The Balaban J connectivity index is 1.26. The molecule has 2 amide bonds. The van der Waals surface area contributed by atoms with Crippen LogP contribution in [0.1, 0.15) is 33.6 Å². The number of fused-ring (bicyclic) bond motifs is 1. The fourth-order valence-electron chi connectivity index (χ4n) is 5.34. The van der Waals surface area contributed by atoms with Crippen LogP contribution in [0.2, 0.25) is 0 Å². The molecule has 0 bridgehead atoms. The normalized spacial score (nSPS) is 24.1. The molecule has 7 heteroatoms. The first-order chi connectivity index (χ1) is 16.5. The summed E-state index contributed by atoms with van der Waals surface area (Å²) in [4.78, 5) is 32.6. The first kappa shape index (κ1) is 22.1. The minimum atomic E-state index is -0.758. The molecule has 7 nitrogen and oxygen atoms in total. The summed E-state index contributed by atoms with van der Waals surface area (Å²) in [5, 5.41) is 5.92. The van der Waals surface area contributed by atoms with E-state index < -0.39 is 5.41 Å². The van der Waals surface area contributed by atoms with Gasteiger partial charge >= 0.3 is 0 Å². The number of allylic oxidation sites excluding steroid dienone is 3. The van der Waals surface area contributed by atoms with Gasteiger partial charge in [-0.1, -0.05) is 55.1 Å². The molecule has 3 aliphatic rings. The molecule has 0 saturated carbocycles. The van der Waals surface area contributed by atoms with E-state index in [-0.39, 0.29) is 17.9 Å². The Morgan fingerprint density at radius 2 is 2.09 bits per heavy atom. The molecule has 1 aliphatic carbocycles. The number of nitrogens with zero attached hydrogens (tertiary/aromatic N) is 2. The molecule has 1 aromatic heterocycles. The first-order valence-corrected chi connectivity index (χ1v) is 11.6. The highest BCUT2D eigenvalue weighted by Crippen LogP contribution is 2.46. The monoisotopic (exact) mass is 455 g/mol. The van der Waals surface area contributed by atoms with Crippen molar-refractivity contribution in [2.75, 3.05) is 13.1 Å². The van der Waals surface area contributed by atoms with Crippen molar-refractivity contribution in [2.45, 2.75) is 31.8 Å². The Morgan fingerprint density at radius 3 is 2.88 bits per heavy atom. The quantitative estimate of drug-likeness (QED) is 0.580. The summed E-state index contributed by atoms with van der Waals surface area (Å²) < 4.78 is 0. The largest absolute Gasteiger partial charge is 0.385 e. The van der Waals surface area contributed by atoms with Crippen LogP contribution in [-0.4, -0.2) is 40.8 Å². The number of aromatic nitrogens is 1. The third-order valence-corrected chi connectivity index (χ3v) is 7.04. The number of nitrogens with two attached hydrogens (primary N) is 1. The summed E-state index contributed by atoms with van der Waals surface area (Å²) in [5.41, 5.74) is 9.71. The van der Waals surface area contributed by atoms with Crippen LogP contribution in [0.5, 0.6) is 0 Å². The first-order valence-electron chi connectivity index (χ1n) is 11.6. The van der Waals surface area contributed by atoms with Crippen LogP contribution in [0.3, 0.4) is 0 Å². The number of likely N-dealkylation sites (tertiary alicyclic amines) is 1. The fourth-order valence-corrected chi connectivity index (χ4v) is 5.34. The van der Waals surface area contributed by atoms with Gasteiger partial charge < -0.3 is 16.4 Å². The van der Waals surface area contributed by atoms with Gasteiger partial charge in [0.05, 0.1) is 5.41 Å². The van der Waals surface area contributed by atoms with Gasteiger partial charge in [0.15, 0.2) is 0 Å². The van der Waals surface area contributed by atoms with E-state index in [4.69, 9.17) is 5.73 Å². The van der Waals surface area contributed by atoms with Gasteiger partial charge in [-0.25, -0.2) is 0 Å². The van der Waals surface area contributed by atoms with Gasteiger partial charge in [-0.2, -0.15) is 0 Å². The number of rotatable bonds is 6. The SMILES string of the molecule is C=C/C=C\C1=C(N)NC(=O)C12Cc1cnc(C(=O)NC3CCN(Cc4ccccc4)C3)cc1C2. The molecule has 34 heavy (non-hydrogen) atoms. The summed E-state index contributed by atoms with van der Waals surface area (Å²) in [6, 6.07) is 12.3. The van der Waals surface area contributed by atoms with Gasteiger partial charge in [0, 0.05) is 37.4 Å². The molecule has 2 atom stereocenters. The Morgan fingerprint density at radius 1 is 1.29 bits per heavy atom. The fraction of sp³-hybridized carbons (Fsp3) is 0.296. The molecular formula is C27H29N5O2. The van der Waals surface area contributed by atoms with E-state index in [2.05, 4.69) is 39.2 Å². The molecule has 2 unspecified atom stereocenters. The summed E-state index contributed by atoms with van der Waals surface area (Å²) in [7, 11) is 0. The van der Waals surface area contributed by atoms with Gasteiger partial charge in [0.2, 0.25) is 5.91 Å². The van der Waals surface area contributed by atoms with E-state index in [9.17, 15) is 9.59 Å². The van der Waals surface area contributed by atoms with Gasteiger partial charge in [0.25, 0.3) is 5.91 Å². The van der Waals surface area contributed by atoms with Crippen molar-refractivity contribution in [3.63, 3.8) is 0 Å². The van der Waals surface area contributed by atoms with Crippen molar-refractivity contribution in [3.05, 3.63) is 101 Å². The predicted molar refractivity (Wildman–Crippen MR) is 130 cm³/mol. The summed E-state index contributed by atoms with van der Waals surface area (Å²) >= 11 is 0. The van der Waals surface area contributed by atoms with Gasteiger partial charge in [0.1, 0.15) is 11.5 Å². The lowest BCUT2D eigenvalue weighted by atomic mass is 9.78. The van der Waals surface area contributed by atoms with E-state index in [1.165, 1.54) is 5.56 Å². The lowest BCUT2D eigenvalue weighted by Gasteiger charge is -2.21. The molecule has 1 saturated heterocycles. The molecule has 1 aromatic carbocycles. The number of hydrogen-bond acceptors (Lipinski definition) is 5. The van der Waals surface area contributed by atoms with Crippen LogP contribution < -0.4 is 16.4 Å². The zero-order valence-electron chi connectivity index (χ0n) is 19.1. The summed E-state index contributed by atoms with van der Waals surface area (Å²) in [6.45, 7) is 6.35. The molecule has 2 aliphatic heterocycles. The highest BCUT2D eigenvalue weighted by Gasteiger charge is 2.51. The molecule has 1 spiro atoms. The highest BCUT2D eigenvalue weighted by atomic mass is 16.2. The number of carbonyl (C=O) groups is 2. The minimum absolute atomic E-state index is 0.0941. The van der Waals surface area contributed by atoms with Crippen molar-refractivity contribution in [1.29, 1.82) is 0 Å². The highest BCUT2D eigenvalue weighted by molar-refractivity contribution is 5.95. The molecule has 3 heterocycles. The second-order valence-electron chi connectivity index (χ2n) is 9.33. The van der Waals surface area contributed by atoms with Crippen LogP contribution in [0.25, 0.3) is 0 Å². The van der Waals surface area contributed by atoms with E-state index in [1.807, 2.05) is 30.3 Å². The molecule has 1 fully saturated rings. The molecule has 4 N–H and O–H groups in total. The second-order valence-corrected chi connectivity index (χ2v) is 9.33. The van der Waals surface area contributed by atoms with Gasteiger partial charge in [-0.15, -0.1) is 0 Å². The maximum Gasteiger partial charge on any atom is 0.270 e. The predicted octanol–water partition coefficient (Wildman–Crippen LogP) is 2.21. The van der Waals surface area contributed by atoms with Crippen molar-refractivity contribution < 1.29 is 9.59 Å². The molecule has 5 rings (SSSR count). The molecule has 2 aromatic rings. The van der Waals surface area contributed by atoms with E-state index in [1.54, 1.807) is 18.3 Å². The summed E-state index contributed by atoms with van der Waals surface area (Å²) in [5.74, 6) is 0.0940. The standard InChI is InChI=1S/C27H29N5O2/c1-2-3-9-22-24(28)31-26(34)27(22)13-19-12-23(29-15-20(19)14-27)25(33)30-21-10-11-32(17-21)16-18-7-5-4-6-8-18/h2-9,12,15,21H,1,10-11,13-14,16-17,28H2,(H,30,33)(H,31,34)/b9-3-. The van der Waals surface area contributed by atoms with Crippen molar-refractivity contribution in [3.8, 4) is 0 Å². The smallest absolute Gasteiger partial charge is 0.270 e. The van der Waals surface area contributed by atoms with Crippen molar-refractivity contribution in [1.82, 2.24) is 20.5 Å². The van der Waals surface area contributed by atoms with Crippen LogP contribution in [0.15, 0.2) is 78.8 Å². The Bertz CT molecular complexity index is 1200. The minimum Gasteiger partial charge on any atom is -0.385 e. The average Bonchev–Trinajstić information content (AvgIpc) is 3.49. The lowest BCUT2D eigenvalue weighted by Crippen LogP contribution is -2.37. The third kappa shape index (κ3) is 4.03. The number of benzene rings is 1. The average molecular weight is 456 g/mol. The second kappa shape index (κ2) is 8.91. The zero-order valence-corrected chi connectivity index (χ0v) is 19.1. The zero-order chi connectivity index (χ0) is 23.7. The van der Waals surface area contributed by atoms with Crippen LogP contribution >= 0.6 is 0 Å². The van der Waals surface area contributed by atoms with E-state index in [0.717, 1.165) is 42.8 Å². The molecule has 0 radical (unpaired) electrons. The topological polar surface area (TPSA) is 100 Å². The Labute approximate surface area is 199 Å². The maximum atomic E-state index is 13.0. The van der Waals surface area contributed by atoms with Gasteiger partial charge in [-0.05, 0) is 42.0 Å². The van der Waals surface area contributed by atoms with Gasteiger partial charge in [-0.3, -0.25) is 19.5 Å². The summed E-state index contributed by atoms with van der Waals surface area (Å²) in [6.07, 6.45) is 8.93. The number of amides is 2. The van der Waals surface area contributed by atoms with Crippen LogP contribution in [0, 0.1) is 5.41 Å². The van der Waals surface area contributed by atoms with Crippen LogP contribution in [0.4, 0.5) is 0 Å². The van der Waals surface area contributed by atoms with Crippen molar-refractivity contribution in [2.24, 2.45) is 11.1 Å². The lowest BCUT2D eigenvalue weighted by molar-refractivity contribution is -0.126. The number of pyridine rings is 1. The van der Waals surface area contributed by atoms with E-state index in [0.29, 0.717) is 24.4 Å². The molecule has 174 valence electrons. The van der Waals surface area contributed by atoms with E-state index >= 15 is 0 Å². The Kier molecular flexibility index (Phi) is 5.79. The third-order valence-electron chi connectivity index (χ3n) is 7.04. The molecular weight excluding hydrogens is 426 g/mol. The number of carbonyl (C=O) groups excluding carboxylic acids is 2.